The Hall–Kier alpha value is -3.35. The van der Waals surface area contributed by atoms with E-state index in [0.717, 1.165) is 47.9 Å². The van der Waals surface area contributed by atoms with Crippen LogP contribution in [0.4, 0.5) is 4.79 Å². The third-order valence-corrected chi connectivity index (χ3v) is 7.97. The summed E-state index contributed by atoms with van der Waals surface area (Å²) in [6.07, 6.45) is 3.96. The zero-order valence-corrected chi connectivity index (χ0v) is 20.0. The van der Waals surface area contributed by atoms with Gasteiger partial charge in [0.15, 0.2) is 0 Å². The molecule has 2 aromatic rings. The van der Waals surface area contributed by atoms with Gasteiger partial charge in [0.05, 0.1) is 5.92 Å². The molecule has 0 aromatic heterocycles. The lowest BCUT2D eigenvalue weighted by atomic mass is 9.83. The van der Waals surface area contributed by atoms with Crippen molar-refractivity contribution >= 4 is 18.0 Å². The minimum Gasteiger partial charge on any atom is -0.481 e. The van der Waals surface area contributed by atoms with Crippen LogP contribution in [0, 0.1) is 11.8 Å². The lowest BCUT2D eigenvalue weighted by Crippen LogP contribution is -2.61. The van der Waals surface area contributed by atoms with Gasteiger partial charge in [0.1, 0.15) is 12.1 Å². The molecule has 184 valence electrons. The Kier molecular flexibility index (Phi) is 6.26. The van der Waals surface area contributed by atoms with Gasteiger partial charge in [-0.3, -0.25) is 9.59 Å². The summed E-state index contributed by atoms with van der Waals surface area (Å²) in [5, 5.41) is 15.4. The molecule has 3 atom stereocenters. The average molecular weight is 477 g/mol. The van der Waals surface area contributed by atoms with E-state index in [1.807, 2.05) is 24.3 Å². The van der Waals surface area contributed by atoms with Crippen LogP contribution in [0.3, 0.4) is 0 Å². The number of carboxylic acids is 1. The first-order valence-corrected chi connectivity index (χ1v) is 12.6. The van der Waals surface area contributed by atoms with Gasteiger partial charge in [-0.05, 0) is 60.8 Å². The molecule has 0 bridgehead atoms. The molecular weight excluding hydrogens is 444 g/mol. The Morgan fingerprint density at radius 2 is 1.54 bits per heavy atom. The molecule has 2 amide bonds. The van der Waals surface area contributed by atoms with Crippen LogP contribution in [0.2, 0.25) is 0 Å². The number of hydrogen-bond acceptors (Lipinski definition) is 4. The van der Waals surface area contributed by atoms with Crippen LogP contribution in [0.15, 0.2) is 48.5 Å². The number of hydrogen-bond donors (Lipinski definition) is 3. The van der Waals surface area contributed by atoms with Crippen molar-refractivity contribution in [1.82, 2.24) is 10.6 Å². The summed E-state index contributed by atoms with van der Waals surface area (Å²) >= 11 is 0. The van der Waals surface area contributed by atoms with Crippen molar-refractivity contribution in [3.05, 3.63) is 59.7 Å². The Bertz CT molecular complexity index is 1100. The second kappa shape index (κ2) is 9.36. The first-order chi connectivity index (χ1) is 16.9. The van der Waals surface area contributed by atoms with E-state index >= 15 is 0 Å². The summed E-state index contributed by atoms with van der Waals surface area (Å²) in [6, 6.07) is 15.9. The standard InChI is InChI=1S/C28H32N2O5/c1-28(17-14-15-17,26(33)29-24-13-7-6-12-22(24)25(31)32)30-27(34)35-16-23-20-10-4-2-8-18(20)19-9-3-5-11-21(19)23/h2-5,8-11,17,22-24H,6-7,12-16H2,1H3,(H,29,33)(H,30,34)(H,31,32). The fourth-order valence-corrected chi connectivity index (χ4v) is 5.77. The van der Waals surface area contributed by atoms with Crippen molar-refractivity contribution in [2.24, 2.45) is 11.8 Å². The number of rotatable bonds is 7. The number of carboxylic acid groups (broad SMARTS) is 1. The van der Waals surface area contributed by atoms with Crippen molar-refractivity contribution < 1.29 is 24.2 Å². The molecule has 3 aliphatic rings. The molecule has 3 aliphatic carbocycles. The van der Waals surface area contributed by atoms with Crippen LogP contribution in [-0.2, 0) is 14.3 Å². The molecule has 0 aliphatic heterocycles. The molecule has 2 aromatic carbocycles. The molecule has 2 fully saturated rings. The largest absolute Gasteiger partial charge is 0.481 e. The molecule has 7 heteroatoms. The van der Waals surface area contributed by atoms with Gasteiger partial charge < -0.3 is 20.5 Å². The summed E-state index contributed by atoms with van der Waals surface area (Å²) in [6.45, 7) is 1.89. The van der Waals surface area contributed by atoms with Crippen LogP contribution in [0.1, 0.15) is 62.5 Å². The number of aliphatic carboxylic acids is 1. The number of fused-ring (bicyclic) bond motifs is 3. The minimum atomic E-state index is -1.14. The third-order valence-electron chi connectivity index (χ3n) is 7.97. The summed E-state index contributed by atoms with van der Waals surface area (Å²) in [7, 11) is 0. The van der Waals surface area contributed by atoms with Gasteiger partial charge in [0, 0.05) is 12.0 Å². The van der Waals surface area contributed by atoms with Crippen LogP contribution >= 0.6 is 0 Å². The van der Waals surface area contributed by atoms with Crippen molar-refractivity contribution in [1.29, 1.82) is 0 Å². The van der Waals surface area contributed by atoms with Crippen molar-refractivity contribution in [3.8, 4) is 11.1 Å². The van der Waals surface area contributed by atoms with E-state index < -0.39 is 29.6 Å². The van der Waals surface area contributed by atoms with E-state index in [-0.39, 0.29) is 24.3 Å². The highest BCUT2D eigenvalue weighted by Crippen LogP contribution is 2.45. The van der Waals surface area contributed by atoms with Gasteiger partial charge in [-0.25, -0.2) is 4.79 Å². The molecule has 3 N–H and O–H groups in total. The number of carbonyl (C=O) groups is 3. The highest BCUT2D eigenvalue weighted by atomic mass is 16.5. The maximum Gasteiger partial charge on any atom is 0.408 e. The maximum atomic E-state index is 13.3. The predicted molar refractivity (Wildman–Crippen MR) is 131 cm³/mol. The first kappa shape index (κ1) is 23.4. The van der Waals surface area contributed by atoms with E-state index in [9.17, 15) is 19.5 Å². The van der Waals surface area contributed by atoms with Crippen molar-refractivity contribution in [3.63, 3.8) is 0 Å². The van der Waals surface area contributed by atoms with Gasteiger partial charge in [-0.15, -0.1) is 0 Å². The molecule has 0 heterocycles. The first-order valence-electron chi connectivity index (χ1n) is 12.6. The number of alkyl carbamates (subject to hydrolysis) is 1. The molecule has 0 spiro atoms. The van der Waals surface area contributed by atoms with E-state index in [0.29, 0.717) is 12.8 Å². The Morgan fingerprint density at radius 3 is 2.14 bits per heavy atom. The van der Waals surface area contributed by atoms with E-state index in [4.69, 9.17) is 4.74 Å². The number of carbonyl (C=O) groups excluding carboxylic acids is 2. The van der Waals surface area contributed by atoms with Crippen LogP contribution in [0.25, 0.3) is 11.1 Å². The molecule has 0 saturated heterocycles. The Morgan fingerprint density at radius 1 is 0.943 bits per heavy atom. The quantitative estimate of drug-likeness (QED) is 0.548. The zero-order chi connectivity index (χ0) is 24.6. The topological polar surface area (TPSA) is 105 Å². The van der Waals surface area contributed by atoms with E-state index in [2.05, 4.69) is 34.9 Å². The molecule has 35 heavy (non-hydrogen) atoms. The molecule has 5 rings (SSSR count). The van der Waals surface area contributed by atoms with Crippen LogP contribution < -0.4 is 10.6 Å². The number of nitrogens with one attached hydrogen (secondary N) is 2. The van der Waals surface area contributed by atoms with Gasteiger partial charge in [-0.2, -0.15) is 0 Å². The SMILES string of the molecule is CC(NC(=O)OCC1c2ccccc2-c2ccccc21)(C(=O)NC1CCCCC1C(=O)O)C1CC1. The summed E-state index contributed by atoms with van der Waals surface area (Å²) < 4.78 is 5.69. The van der Waals surface area contributed by atoms with Crippen LogP contribution in [0.5, 0.6) is 0 Å². The maximum absolute atomic E-state index is 13.3. The molecular formula is C28H32N2O5. The lowest BCUT2D eigenvalue weighted by Gasteiger charge is -2.35. The van der Waals surface area contributed by atoms with Crippen LogP contribution in [-0.4, -0.2) is 41.3 Å². The minimum absolute atomic E-state index is 0.00912. The number of ether oxygens (including phenoxy) is 1. The second-order valence-corrected chi connectivity index (χ2v) is 10.2. The highest BCUT2D eigenvalue weighted by molar-refractivity contribution is 5.91. The summed E-state index contributed by atoms with van der Waals surface area (Å²) in [4.78, 5) is 37.9. The van der Waals surface area contributed by atoms with Gasteiger partial charge in [0.2, 0.25) is 5.91 Å². The molecule has 2 saturated carbocycles. The highest BCUT2D eigenvalue weighted by Gasteiger charge is 2.50. The normalized spacial score (nSPS) is 22.9. The fraction of sp³-hybridized carbons (Fsp3) is 0.464. The zero-order valence-electron chi connectivity index (χ0n) is 20.0. The Balaban J connectivity index is 1.26. The smallest absolute Gasteiger partial charge is 0.408 e. The molecule has 3 unspecified atom stereocenters. The number of benzene rings is 2. The summed E-state index contributed by atoms with van der Waals surface area (Å²) in [5.41, 5.74) is 3.42. The van der Waals surface area contributed by atoms with Crippen molar-refractivity contribution in [2.75, 3.05) is 6.61 Å². The van der Waals surface area contributed by atoms with E-state index in [1.165, 1.54) is 0 Å². The van der Waals surface area contributed by atoms with E-state index in [1.54, 1.807) is 6.92 Å². The second-order valence-electron chi connectivity index (χ2n) is 10.2. The van der Waals surface area contributed by atoms with Gasteiger partial charge in [0.25, 0.3) is 0 Å². The van der Waals surface area contributed by atoms with Gasteiger partial charge >= 0.3 is 12.1 Å². The average Bonchev–Trinajstić information content (AvgIpc) is 3.67. The monoisotopic (exact) mass is 476 g/mol. The molecule has 7 nitrogen and oxygen atoms in total. The Labute approximate surface area is 205 Å². The molecule has 0 radical (unpaired) electrons. The van der Waals surface area contributed by atoms with Gasteiger partial charge in [-0.1, -0.05) is 61.4 Å². The predicted octanol–water partition coefficient (Wildman–Crippen LogP) is 4.45. The third kappa shape index (κ3) is 4.51. The summed E-state index contributed by atoms with van der Waals surface area (Å²) in [5.74, 6) is -1.85. The number of amides is 2. The van der Waals surface area contributed by atoms with Crippen molar-refractivity contribution in [2.45, 2.75) is 62.9 Å². The fourth-order valence-electron chi connectivity index (χ4n) is 5.77. The lowest BCUT2D eigenvalue weighted by molar-refractivity contribution is -0.144.